The van der Waals surface area contributed by atoms with Crippen molar-refractivity contribution in [1.82, 2.24) is 24.9 Å². The second-order valence-corrected chi connectivity index (χ2v) is 6.53. The van der Waals surface area contributed by atoms with Crippen molar-refractivity contribution in [2.24, 2.45) is 0 Å². The van der Waals surface area contributed by atoms with Crippen molar-refractivity contribution in [2.75, 3.05) is 40.8 Å². The highest BCUT2D eigenvalue weighted by atomic mass is 16.2. The fourth-order valence-corrected chi connectivity index (χ4v) is 2.91. The van der Waals surface area contributed by atoms with E-state index < -0.39 is 0 Å². The minimum atomic E-state index is 0.172. The molecule has 1 N–H and O–H groups in total. The molecule has 2 heterocycles. The van der Waals surface area contributed by atoms with Crippen molar-refractivity contribution in [2.45, 2.75) is 38.8 Å². The summed E-state index contributed by atoms with van der Waals surface area (Å²) < 4.78 is 0. The maximum atomic E-state index is 12.3. The van der Waals surface area contributed by atoms with E-state index in [0.29, 0.717) is 19.1 Å². The lowest BCUT2D eigenvalue weighted by atomic mass is 10.2. The highest BCUT2D eigenvalue weighted by Crippen LogP contribution is 2.13. The van der Waals surface area contributed by atoms with Crippen molar-refractivity contribution in [1.29, 1.82) is 0 Å². The first kappa shape index (κ1) is 17.0. The maximum absolute atomic E-state index is 12.3. The van der Waals surface area contributed by atoms with E-state index in [9.17, 15) is 4.79 Å². The number of hydrogen-bond donors (Lipinski definition) is 1. The van der Waals surface area contributed by atoms with Crippen molar-refractivity contribution >= 4 is 5.91 Å². The number of amides is 1. The Balaban J connectivity index is 1.79. The second kappa shape index (κ2) is 7.74. The molecule has 0 radical (unpaired) electrons. The molecule has 1 aliphatic rings. The normalized spacial score (nSPS) is 19.0. The van der Waals surface area contributed by atoms with Crippen LogP contribution in [-0.4, -0.2) is 77.6 Å². The van der Waals surface area contributed by atoms with Crippen LogP contribution < -0.4 is 0 Å². The second-order valence-electron chi connectivity index (χ2n) is 6.53. The van der Waals surface area contributed by atoms with Crippen molar-refractivity contribution in [3.05, 3.63) is 17.5 Å². The lowest BCUT2D eigenvalue weighted by Crippen LogP contribution is -2.38. The van der Waals surface area contributed by atoms with Crippen LogP contribution in [0.25, 0.3) is 0 Å². The van der Waals surface area contributed by atoms with Gasteiger partial charge in [-0.05, 0) is 33.0 Å². The summed E-state index contributed by atoms with van der Waals surface area (Å²) in [6.07, 6.45) is 3.21. The standard InChI is InChI=1S/C16H29N5O/c1-5-6-13-9-14(18-17-13)10-20(4)16(22)12-21-8-7-15(11-21)19(2)3/h9,15H,5-8,10-12H2,1-4H3,(H,17,18)/t15-/m0/s1. The van der Waals surface area contributed by atoms with E-state index in [1.54, 1.807) is 4.90 Å². The van der Waals surface area contributed by atoms with E-state index in [4.69, 9.17) is 0 Å². The van der Waals surface area contributed by atoms with E-state index >= 15 is 0 Å². The summed E-state index contributed by atoms with van der Waals surface area (Å²) in [5, 5.41) is 7.30. The van der Waals surface area contributed by atoms with E-state index in [1.165, 1.54) is 0 Å². The molecule has 1 aromatic heterocycles. The zero-order valence-corrected chi connectivity index (χ0v) is 14.3. The molecule has 124 valence electrons. The predicted octanol–water partition coefficient (Wildman–Crippen LogP) is 0.957. The molecule has 1 fully saturated rings. The largest absolute Gasteiger partial charge is 0.339 e. The summed E-state index contributed by atoms with van der Waals surface area (Å²) in [5.74, 6) is 0.172. The van der Waals surface area contributed by atoms with E-state index in [0.717, 1.165) is 43.7 Å². The number of hydrogen-bond acceptors (Lipinski definition) is 4. The molecule has 1 saturated heterocycles. The minimum Gasteiger partial charge on any atom is -0.339 e. The van der Waals surface area contributed by atoms with Gasteiger partial charge in [-0.15, -0.1) is 0 Å². The predicted molar refractivity (Wildman–Crippen MR) is 87.6 cm³/mol. The quantitative estimate of drug-likeness (QED) is 0.815. The van der Waals surface area contributed by atoms with Gasteiger partial charge in [0.2, 0.25) is 5.91 Å². The monoisotopic (exact) mass is 307 g/mol. The number of rotatable bonds is 7. The number of likely N-dealkylation sites (N-methyl/N-ethyl adjacent to an activating group) is 2. The third-order valence-electron chi connectivity index (χ3n) is 4.36. The van der Waals surface area contributed by atoms with Crippen LogP contribution in [0, 0.1) is 0 Å². The summed E-state index contributed by atoms with van der Waals surface area (Å²) in [7, 11) is 6.07. The van der Waals surface area contributed by atoms with Gasteiger partial charge in [-0.1, -0.05) is 13.3 Å². The summed E-state index contributed by atoms with van der Waals surface area (Å²) in [6, 6.07) is 2.63. The van der Waals surface area contributed by atoms with Gasteiger partial charge < -0.3 is 9.80 Å². The summed E-state index contributed by atoms with van der Waals surface area (Å²) in [6.45, 7) is 5.24. The molecule has 1 aromatic rings. The van der Waals surface area contributed by atoms with Crippen molar-refractivity contribution in [3.8, 4) is 0 Å². The molecule has 1 aliphatic heterocycles. The van der Waals surface area contributed by atoms with Crippen LogP contribution in [-0.2, 0) is 17.8 Å². The number of H-pyrrole nitrogens is 1. The van der Waals surface area contributed by atoms with Crippen LogP contribution >= 0.6 is 0 Å². The number of carbonyl (C=O) groups excluding carboxylic acids is 1. The van der Waals surface area contributed by atoms with Gasteiger partial charge in [0, 0.05) is 26.2 Å². The molecule has 2 rings (SSSR count). The molecule has 6 heteroatoms. The Labute approximate surface area is 133 Å². The van der Waals surface area contributed by atoms with Gasteiger partial charge in [-0.25, -0.2) is 0 Å². The fraction of sp³-hybridized carbons (Fsp3) is 0.750. The summed E-state index contributed by atoms with van der Waals surface area (Å²) in [4.78, 5) is 18.6. The zero-order chi connectivity index (χ0) is 16.1. The topological polar surface area (TPSA) is 55.5 Å². The molecular weight excluding hydrogens is 278 g/mol. The van der Waals surface area contributed by atoms with Crippen molar-refractivity contribution < 1.29 is 4.79 Å². The SMILES string of the molecule is CCCc1cc(CN(C)C(=O)CN2CC[C@H](N(C)C)C2)[nH]n1. The first-order valence-electron chi connectivity index (χ1n) is 8.15. The highest BCUT2D eigenvalue weighted by Gasteiger charge is 2.26. The Bertz CT molecular complexity index is 485. The minimum absolute atomic E-state index is 0.172. The smallest absolute Gasteiger partial charge is 0.236 e. The first-order valence-corrected chi connectivity index (χ1v) is 8.15. The lowest BCUT2D eigenvalue weighted by molar-refractivity contribution is -0.131. The van der Waals surface area contributed by atoms with E-state index in [1.807, 2.05) is 7.05 Å². The van der Waals surface area contributed by atoms with Crippen LogP contribution in [0.4, 0.5) is 0 Å². The summed E-state index contributed by atoms with van der Waals surface area (Å²) >= 11 is 0. The maximum Gasteiger partial charge on any atom is 0.236 e. The number of nitrogens with zero attached hydrogens (tertiary/aromatic N) is 4. The van der Waals surface area contributed by atoms with Crippen LogP contribution in [0.5, 0.6) is 0 Å². The third kappa shape index (κ3) is 4.55. The van der Waals surface area contributed by atoms with Crippen LogP contribution in [0.15, 0.2) is 6.07 Å². The zero-order valence-electron chi connectivity index (χ0n) is 14.3. The fourth-order valence-electron chi connectivity index (χ4n) is 2.91. The molecule has 0 aromatic carbocycles. The van der Waals surface area contributed by atoms with Crippen LogP contribution in [0.2, 0.25) is 0 Å². The number of aryl methyl sites for hydroxylation is 1. The van der Waals surface area contributed by atoms with Gasteiger partial charge in [0.15, 0.2) is 0 Å². The molecule has 0 spiro atoms. The Hall–Kier alpha value is -1.40. The van der Waals surface area contributed by atoms with Gasteiger partial charge in [0.25, 0.3) is 0 Å². The lowest BCUT2D eigenvalue weighted by Gasteiger charge is -2.22. The first-order chi connectivity index (χ1) is 10.5. The van der Waals surface area contributed by atoms with Crippen molar-refractivity contribution in [3.63, 3.8) is 0 Å². The van der Waals surface area contributed by atoms with Gasteiger partial charge in [0.05, 0.1) is 24.5 Å². The average molecular weight is 307 g/mol. The molecule has 0 bridgehead atoms. The molecule has 0 saturated carbocycles. The number of likely N-dealkylation sites (tertiary alicyclic amines) is 1. The molecule has 6 nitrogen and oxygen atoms in total. The van der Waals surface area contributed by atoms with Gasteiger partial charge in [-0.3, -0.25) is 14.8 Å². The molecule has 0 unspecified atom stereocenters. The Kier molecular flexibility index (Phi) is 5.97. The number of nitrogens with one attached hydrogen (secondary N) is 1. The van der Waals surface area contributed by atoms with Gasteiger partial charge in [-0.2, -0.15) is 5.10 Å². The Morgan fingerprint density at radius 1 is 1.45 bits per heavy atom. The molecule has 1 amide bonds. The average Bonchev–Trinajstić information content (AvgIpc) is 3.09. The Morgan fingerprint density at radius 2 is 2.23 bits per heavy atom. The van der Waals surface area contributed by atoms with Gasteiger partial charge in [0.1, 0.15) is 0 Å². The van der Waals surface area contributed by atoms with Crippen LogP contribution in [0.1, 0.15) is 31.2 Å². The van der Waals surface area contributed by atoms with E-state index in [-0.39, 0.29) is 5.91 Å². The summed E-state index contributed by atoms with van der Waals surface area (Å²) in [5.41, 5.74) is 2.08. The van der Waals surface area contributed by atoms with E-state index in [2.05, 4.69) is 47.1 Å². The van der Waals surface area contributed by atoms with Crippen LogP contribution in [0.3, 0.4) is 0 Å². The number of carbonyl (C=O) groups is 1. The number of aromatic amines is 1. The highest BCUT2D eigenvalue weighted by molar-refractivity contribution is 5.78. The van der Waals surface area contributed by atoms with Gasteiger partial charge >= 0.3 is 0 Å². The molecular formula is C16H29N5O. The molecule has 22 heavy (non-hydrogen) atoms. The Morgan fingerprint density at radius 3 is 2.86 bits per heavy atom. The molecule has 0 aliphatic carbocycles. The molecule has 1 atom stereocenters. The third-order valence-corrected chi connectivity index (χ3v) is 4.36. The number of aromatic nitrogens is 2.